The standard InChI is InChI=1S/C11H11BrClFO2/c1-2-16-6-5-9(15)7-3-4-8(12)10(13)11(7)14/h3-4H,2,5-6H2,1H3. The van der Waals surface area contributed by atoms with E-state index >= 15 is 0 Å². The van der Waals surface area contributed by atoms with E-state index in [2.05, 4.69) is 15.9 Å². The number of hydrogen-bond donors (Lipinski definition) is 0. The van der Waals surface area contributed by atoms with E-state index in [1.165, 1.54) is 6.07 Å². The van der Waals surface area contributed by atoms with E-state index in [0.717, 1.165) is 0 Å². The van der Waals surface area contributed by atoms with Gasteiger partial charge in [0.15, 0.2) is 11.6 Å². The molecule has 1 rings (SSSR count). The van der Waals surface area contributed by atoms with Gasteiger partial charge in [0.05, 0.1) is 17.2 Å². The van der Waals surface area contributed by atoms with E-state index < -0.39 is 5.82 Å². The van der Waals surface area contributed by atoms with Gasteiger partial charge in [-0.3, -0.25) is 4.79 Å². The van der Waals surface area contributed by atoms with Crippen LogP contribution in [0, 0.1) is 5.82 Å². The predicted octanol–water partition coefficient (Wildman–Crippen LogP) is 3.85. The molecule has 0 radical (unpaired) electrons. The Labute approximate surface area is 107 Å². The van der Waals surface area contributed by atoms with Gasteiger partial charge in [0.1, 0.15) is 0 Å². The third-order valence-corrected chi connectivity index (χ3v) is 3.27. The molecule has 1 aromatic rings. The lowest BCUT2D eigenvalue weighted by Crippen LogP contribution is -2.07. The summed E-state index contributed by atoms with van der Waals surface area (Å²) in [5.41, 5.74) is 0.00732. The third kappa shape index (κ3) is 3.27. The summed E-state index contributed by atoms with van der Waals surface area (Å²) >= 11 is 8.77. The summed E-state index contributed by atoms with van der Waals surface area (Å²) in [6.07, 6.45) is 0.155. The number of benzene rings is 1. The van der Waals surface area contributed by atoms with E-state index in [4.69, 9.17) is 16.3 Å². The van der Waals surface area contributed by atoms with Crippen molar-refractivity contribution in [2.24, 2.45) is 0 Å². The highest BCUT2D eigenvalue weighted by molar-refractivity contribution is 9.10. The molecule has 88 valence electrons. The maximum atomic E-state index is 13.6. The molecular formula is C11H11BrClFO2. The fraction of sp³-hybridized carbons (Fsp3) is 0.364. The van der Waals surface area contributed by atoms with E-state index in [1.807, 2.05) is 6.92 Å². The molecule has 0 saturated heterocycles. The number of hydrogen-bond acceptors (Lipinski definition) is 2. The topological polar surface area (TPSA) is 26.3 Å². The first-order chi connectivity index (χ1) is 7.57. The second-order valence-electron chi connectivity index (χ2n) is 3.09. The molecule has 1 aromatic carbocycles. The zero-order valence-electron chi connectivity index (χ0n) is 8.73. The SMILES string of the molecule is CCOCCC(=O)c1ccc(Br)c(Cl)c1F. The first-order valence-corrected chi connectivity index (χ1v) is 5.99. The minimum atomic E-state index is -0.683. The summed E-state index contributed by atoms with van der Waals surface area (Å²) in [6, 6.07) is 2.97. The normalized spacial score (nSPS) is 10.5. The van der Waals surface area contributed by atoms with Crippen molar-refractivity contribution < 1.29 is 13.9 Å². The molecule has 0 amide bonds. The molecule has 0 aromatic heterocycles. The predicted molar refractivity (Wildman–Crippen MR) is 64.6 cm³/mol. The zero-order valence-corrected chi connectivity index (χ0v) is 11.1. The van der Waals surface area contributed by atoms with Gasteiger partial charge in [-0.2, -0.15) is 0 Å². The summed E-state index contributed by atoms with van der Waals surface area (Å²) < 4.78 is 19.1. The van der Waals surface area contributed by atoms with Crippen LogP contribution in [0.25, 0.3) is 0 Å². The third-order valence-electron chi connectivity index (χ3n) is 2.01. The van der Waals surface area contributed by atoms with Crippen molar-refractivity contribution in [3.8, 4) is 0 Å². The summed E-state index contributed by atoms with van der Waals surface area (Å²) in [4.78, 5) is 11.6. The van der Waals surface area contributed by atoms with E-state index in [9.17, 15) is 9.18 Å². The molecule has 0 fully saturated rings. The Hall–Kier alpha value is -0.450. The van der Waals surface area contributed by atoms with Crippen molar-refractivity contribution in [2.45, 2.75) is 13.3 Å². The van der Waals surface area contributed by atoms with Gasteiger partial charge in [0.2, 0.25) is 0 Å². The van der Waals surface area contributed by atoms with Crippen LogP contribution in [-0.4, -0.2) is 19.0 Å². The van der Waals surface area contributed by atoms with Gasteiger partial charge in [0.25, 0.3) is 0 Å². The van der Waals surface area contributed by atoms with Crippen LogP contribution in [0.2, 0.25) is 5.02 Å². The van der Waals surface area contributed by atoms with Crippen LogP contribution in [0.15, 0.2) is 16.6 Å². The number of rotatable bonds is 5. The van der Waals surface area contributed by atoms with Crippen LogP contribution >= 0.6 is 27.5 Å². The maximum Gasteiger partial charge on any atom is 0.168 e. The highest BCUT2D eigenvalue weighted by Gasteiger charge is 2.15. The fourth-order valence-electron chi connectivity index (χ4n) is 1.19. The van der Waals surface area contributed by atoms with Crippen molar-refractivity contribution in [2.75, 3.05) is 13.2 Å². The van der Waals surface area contributed by atoms with E-state index in [-0.39, 0.29) is 22.8 Å². The number of carbonyl (C=O) groups excluding carboxylic acids is 1. The summed E-state index contributed by atoms with van der Waals surface area (Å²) in [6.45, 7) is 2.67. The average Bonchev–Trinajstić information content (AvgIpc) is 2.26. The Morgan fingerprint density at radius 2 is 2.25 bits per heavy atom. The summed E-state index contributed by atoms with van der Waals surface area (Å²) in [5.74, 6) is -0.988. The minimum absolute atomic E-state index is 0.00732. The Bertz CT molecular complexity index is 396. The fourth-order valence-corrected chi connectivity index (χ4v) is 1.66. The number of carbonyl (C=O) groups is 1. The van der Waals surface area contributed by atoms with Gasteiger partial charge < -0.3 is 4.74 Å². The first kappa shape index (κ1) is 13.6. The van der Waals surface area contributed by atoms with Crippen LogP contribution in [0.4, 0.5) is 4.39 Å². The highest BCUT2D eigenvalue weighted by atomic mass is 79.9. The van der Waals surface area contributed by atoms with Crippen molar-refractivity contribution >= 4 is 33.3 Å². The first-order valence-electron chi connectivity index (χ1n) is 4.82. The molecule has 0 atom stereocenters. The Kier molecular flexibility index (Phi) is 5.38. The molecule has 0 aliphatic heterocycles. The number of ether oxygens (including phenoxy) is 1. The molecule has 0 spiro atoms. The molecule has 0 saturated carbocycles. The van der Waals surface area contributed by atoms with Crippen molar-refractivity contribution in [3.05, 3.63) is 33.0 Å². The number of Topliss-reactive ketones (excluding diaryl/α,β-unsaturated/α-hetero) is 1. The van der Waals surface area contributed by atoms with Crippen LogP contribution < -0.4 is 0 Å². The Morgan fingerprint density at radius 3 is 2.88 bits per heavy atom. The molecule has 16 heavy (non-hydrogen) atoms. The molecule has 2 nitrogen and oxygen atoms in total. The molecule has 0 unspecified atom stereocenters. The lowest BCUT2D eigenvalue weighted by Gasteiger charge is -2.05. The second-order valence-corrected chi connectivity index (χ2v) is 4.33. The molecule has 5 heteroatoms. The number of halogens is 3. The van der Waals surface area contributed by atoms with Crippen molar-refractivity contribution in [1.82, 2.24) is 0 Å². The van der Waals surface area contributed by atoms with Crippen LogP contribution in [-0.2, 0) is 4.74 Å². The largest absolute Gasteiger partial charge is 0.381 e. The molecule has 0 bridgehead atoms. The van der Waals surface area contributed by atoms with Crippen molar-refractivity contribution in [3.63, 3.8) is 0 Å². The smallest absolute Gasteiger partial charge is 0.168 e. The van der Waals surface area contributed by atoms with Gasteiger partial charge >= 0.3 is 0 Å². The van der Waals surface area contributed by atoms with Gasteiger partial charge in [-0.05, 0) is 35.0 Å². The monoisotopic (exact) mass is 308 g/mol. The van der Waals surface area contributed by atoms with Crippen LogP contribution in [0.5, 0.6) is 0 Å². The molecular weight excluding hydrogens is 298 g/mol. The van der Waals surface area contributed by atoms with Gasteiger partial charge in [-0.15, -0.1) is 0 Å². The van der Waals surface area contributed by atoms with Gasteiger partial charge in [0, 0.05) is 17.5 Å². The average molecular weight is 310 g/mol. The number of ketones is 1. The minimum Gasteiger partial charge on any atom is -0.381 e. The Morgan fingerprint density at radius 1 is 1.56 bits per heavy atom. The zero-order chi connectivity index (χ0) is 12.1. The van der Waals surface area contributed by atoms with Gasteiger partial charge in [-0.1, -0.05) is 11.6 Å². The van der Waals surface area contributed by atoms with Crippen LogP contribution in [0.1, 0.15) is 23.7 Å². The molecule has 0 aliphatic rings. The van der Waals surface area contributed by atoms with E-state index in [0.29, 0.717) is 17.7 Å². The van der Waals surface area contributed by atoms with Crippen molar-refractivity contribution in [1.29, 1.82) is 0 Å². The van der Waals surface area contributed by atoms with E-state index in [1.54, 1.807) is 6.07 Å². The molecule has 0 aliphatic carbocycles. The summed E-state index contributed by atoms with van der Waals surface area (Å²) in [7, 11) is 0. The molecule has 0 N–H and O–H groups in total. The lowest BCUT2D eigenvalue weighted by molar-refractivity contribution is 0.0892. The van der Waals surface area contributed by atoms with Gasteiger partial charge in [-0.25, -0.2) is 4.39 Å². The quantitative estimate of drug-likeness (QED) is 0.469. The molecule has 0 heterocycles. The second kappa shape index (κ2) is 6.33. The highest BCUT2D eigenvalue weighted by Crippen LogP contribution is 2.28. The lowest BCUT2D eigenvalue weighted by atomic mass is 10.1. The summed E-state index contributed by atoms with van der Waals surface area (Å²) in [5, 5.41) is -0.0674. The van der Waals surface area contributed by atoms with Crippen LogP contribution in [0.3, 0.4) is 0 Å². The maximum absolute atomic E-state index is 13.6. The Balaban J connectivity index is 2.80.